The molecule has 0 aliphatic carbocycles. The van der Waals surface area contributed by atoms with Gasteiger partial charge in [-0.25, -0.2) is 4.98 Å². The fourth-order valence-electron chi connectivity index (χ4n) is 2.60. The molecule has 0 radical (unpaired) electrons. The summed E-state index contributed by atoms with van der Waals surface area (Å²) in [7, 11) is 0. The Labute approximate surface area is 140 Å². The van der Waals surface area contributed by atoms with Gasteiger partial charge < -0.3 is 14.4 Å². The molecule has 0 spiro atoms. The summed E-state index contributed by atoms with van der Waals surface area (Å²) in [5.41, 5.74) is 0.390. The van der Waals surface area contributed by atoms with Crippen molar-refractivity contribution in [1.82, 2.24) is 19.9 Å². The van der Waals surface area contributed by atoms with E-state index in [0.717, 1.165) is 18.6 Å². The van der Waals surface area contributed by atoms with Gasteiger partial charge in [-0.15, -0.1) is 0 Å². The number of nitrogens with zero attached hydrogens (tertiary/aromatic N) is 4. The highest BCUT2D eigenvalue weighted by Crippen LogP contribution is 2.15. The van der Waals surface area contributed by atoms with Crippen LogP contribution in [0.3, 0.4) is 0 Å². The first-order valence-electron chi connectivity index (χ1n) is 8.02. The van der Waals surface area contributed by atoms with Crippen LogP contribution in [0.15, 0.2) is 43.1 Å². The van der Waals surface area contributed by atoms with Gasteiger partial charge in [0.2, 0.25) is 0 Å². The van der Waals surface area contributed by atoms with E-state index in [4.69, 9.17) is 9.47 Å². The summed E-state index contributed by atoms with van der Waals surface area (Å²) in [6.07, 6.45) is 9.78. The maximum Gasteiger partial charge on any atom is 0.274 e. The SMILES string of the molecule is O=C(c1cnccn1)N1CCC(OCCOc2cccnc2)CC1. The van der Waals surface area contributed by atoms with Crippen LogP contribution in [0.25, 0.3) is 0 Å². The summed E-state index contributed by atoms with van der Waals surface area (Å²) in [6, 6.07) is 3.70. The molecule has 2 aromatic heterocycles. The van der Waals surface area contributed by atoms with Crippen LogP contribution >= 0.6 is 0 Å². The molecule has 7 heteroatoms. The van der Waals surface area contributed by atoms with Crippen molar-refractivity contribution in [2.45, 2.75) is 18.9 Å². The average Bonchev–Trinajstić information content (AvgIpc) is 2.67. The number of piperidine rings is 1. The van der Waals surface area contributed by atoms with E-state index in [1.54, 1.807) is 23.5 Å². The Balaban J connectivity index is 1.36. The van der Waals surface area contributed by atoms with Gasteiger partial charge in [0.25, 0.3) is 5.91 Å². The highest BCUT2D eigenvalue weighted by Gasteiger charge is 2.24. The number of aromatic nitrogens is 3. The van der Waals surface area contributed by atoms with E-state index in [9.17, 15) is 4.79 Å². The number of hydrogen-bond acceptors (Lipinski definition) is 6. The maximum absolute atomic E-state index is 12.3. The number of hydrogen-bond donors (Lipinski definition) is 0. The Hall–Kier alpha value is -2.54. The van der Waals surface area contributed by atoms with Crippen molar-refractivity contribution in [1.29, 1.82) is 0 Å². The highest BCUT2D eigenvalue weighted by molar-refractivity contribution is 5.92. The van der Waals surface area contributed by atoms with Gasteiger partial charge in [-0.2, -0.15) is 0 Å². The third-order valence-corrected chi connectivity index (χ3v) is 3.85. The fraction of sp³-hybridized carbons (Fsp3) is 0.412. The van der Waals surface area contributed by atoms with E-state index < -0.39 is 0 Å². The lowest BCUT2D eigenvalue weighted by Crippen LogP contribution is -2.41. The predicted molar refractivity (Wildman–Crippen MR) is 86.6 cm³/mol. The molecule has 3 rings (SSSR count). The molecular weight excluding hydrogens is 308 g/mol. The molecule has 24 heavy (non-hydrogen) atoms. The third kappa shape index (κ3) is 4.48. The first kappa shape index (κ1) is 16.3. The van der Waals surface area contributed by atoms with Crippen molar-refractivity contribution in [3.63, 3.8) is 0 Å². The molecule has 0 saturated carbocycles. The van der Waals surface area contributed by atoms with Gasteiger partial charge in [0, 0.05) is 31.7 Å². The molecule has 0 aromatic carbocycles. The van der Waals surface area contributed by atoms with Crippen molar-refractivity contribution in [3.05, 3.63) is 48.8 Å². The standard InChI is InChI=1S/C17H20N4O3/c22-17(16-13-19-6-7-20-16)21-8-3-14(4-9-21)23-10-11-24-15-2-1-5-18-12-15/h1-2,5-7,12-14H,3-4,8-11H2. The lowest BCUT2D eigenvalue weighted by molar-refractivity contribution is -0.00253. The van der Waals surface area contributed by atoms with E-state index >= 15 is 0 Å². The lowest BCUT2D eigenvalue weighted by atomic mass is 10.1. The van der Waals surface area contributed by atoms with Crippen molar-refractivity contribution < 1.29 is 14.3 Å². The minimum atomic E-state index is -0.0681. The monoisotopic (exact) mass is 328 g/mol. The number of pyridine rings is 1. The molecule has 2 aromatic rings. The second kappa shape index (κ2) is 8.35. The number of rotatable bonds is 6. The first-order chi connectivity index (χ1) is 11.8. The zero-order valence-corrected chi connectivity index (χ0v) is 13.4. The second-order valence-electron chi connectivity index (χ2n) is 5.49. The van der Waals surface area contributed by atoms with Crippen molar-refractivity contribution in [3.8, 4) is 5.75 Å². The van der Waals surface area contributed by atoms with Crippen LogP contribution in [0.2, 0.25) is 0 Å². The third-order valence-electron chi connectivity index (χ3n) is 3.85. The molecule has 7 nitrogen and oxygen atoms in total. The number of carbonyl (C=O) groups is 1. The Kier molecular flexibility index (Phi) is 5.68. The number of carbonyl (C=O) groups excluding carboxylic acids is 1. The zero-order valence-electron chi connectivity index (χ0n) is 13.4. The molecule has 1 aliphatic rings. The van der Waals surface area contributed by atoms with Crippen molar-refractivity contribution >= 4 is 5.91 Å². The summed E-state index contributed by atoms with van der Waals surface area (Å²) in [5, 5.41) is 0. The molecule has 126 valence electrons. The molecule has 0 N–H and O–H groups in total. The van der Waals surface area contributed by atoms with Crippen LogP contribution in [0, 0.1) is 0 Å². The number of ether oxygens (including phenoxy) is 2. The van der Waals surface area contributed by atoms with E-state index in [1.807, 2.05) is 12.1 Å². The summed E-state index contributed by atoms with van der Waals surface area (Å²) in [6.45, 7) is 2.36. The summed E-state index contributed by atoms with van der Waals surface area (Å²) in [5.74, 6) is 0.673. The van der Waals surface area contributed by atoms with Gasteiger partial charge in [0.05, 0.1) is 25.1 Å². The Morgan fingerprint density at radius 2 is 1.96 bits per heavy atom. The average molecular weight is 328 g/mol. The van der Waals surface area contributed by atoms with Crippen LogP contribution in [0.4, 0.5) is 0 Å². The largest absolute Gasteiger partial charge is 0.490 e. The van der Waals surface area contributed by atoms with Crippen LogP contribution < -0.4 is 4.74 Å². The van der Waals surface area contributed by atoms with Gasteiger partial charge >= 0.3 is 0 Å². The van der Waals surface area contributed by atoms with E-state index in [2.05, 4.69) is 15.0 Å². The molecule has 0 atom stereocenters. The van der Waals surface area contributed by atoms with Crippen molar-refractivity contribution in [2.75, 3.05) is 26.3 Å². The highest BCUT2D eigenvalue weighted by atomic mass is 16.5. The van der Waals surface area contributed by atoms with E-state index in [1.165, 1.54) is 12.4 Å². The quantitative estimate of drug-likeness (QED) is 0.749. The zero-order chi connectivity index (χ0) is 16.6. The van der Waals surface area contributed by atoms with Gasteiger partial charge in [-0.3, -0.25) is 14.8 Å². The number of amides is 1. The molecular formula is C17H20N4O3. The summed E-state index contributed by atoms with van der Waals surface area (Å²) < 4.78 is 11.4. The van der Waals surface area contributed by atoms with Gasteiger partial charge in [-0.05, 0) is 25.0 Å². The second-order valence-corrected chi connectivity index (χ2v) is 5.49. The van der Waals surface area contributed by atoms with Crippen LogP contribution in [-0.2, 0) is 4.74 Å². The topological polar surface area (TPSA) is 77.4 Å². The minimum absolute atomic E-state index is 0.0681. The molecule has 0 bridgehead atoms. The number of likely N-dealkylation sites (tertiary alicyclic amines) is 1. The lowest BCUT2D eigenvalue weighted by Gasteiger charge is -2.31. The predicted octanol–water partition coefficient (Wildman–Crippen LogP) is 1.57. The summed E-state index contributed by atoms with van der Waals surface area (Å²) in [4.78, 5) is 26.1. The maximum atomic E-state index is 12.3. The molecule has 3 heterocycles. The van der Waals surface area contributed by atoms with Crippen LogP contribution in [0.5, 0.6) is 5.75 Å². The molecule has 1 saturated heterocycles. The Morgan fingerprint density at radius 1 is 1.12 bits per heavy atom. The fourth-order valence-corrected chi connectivity index (χ4v) is 2.60. The first-order valence-corrected chi connectivity index (χ1v) is 8.02. The smallest absolute Gasteiger partial charge is 0.274 e. The van der Waals surface area contributed by atoms with Crippen molar-refractivity contribution in [2.24, 2.45) is 0 Å². The molecule has 1 amide bonds. The van der Waals surface area contributed by atoms with Crippen LogP contribution in [-0.4, -0.2) is 58.2 Å². The molecule has 0 unspecified atom stereocenters. The molecule has 1 aliphatic heterocycles. The van der Waals surface area contributed by atoms with Crippen LogP contribution in [0.1, 0.15) is 23.3 Å². The molecule has 1 fully saturated rings. The normalized spacial score (nSPS) is 15.2. The van der Waals surface area contributed by atoms with Gasteiger partial charge in [0.1, 0.15) is 18.1 Å². The van der Waals surface area contributed by atoms with E-state index in [-0.39, 0.29) is 12.0 Å². The minimum Gasteiger partial charge on any atom is -0.490 e. The Morgan fingerprint density at radius 3 is 2.67 bits per heavy atom. The van der Waals surface area contributed by atoms with Gasteiger partial charge in [0.15, 0.2) is 0 Å². The summed E-state index contributed by atoms with van der Waals surface area (Å²) >= 11 is 0. The van der Waals surface area contributed by atoms with E-state index in [0.29, 0.717) is 32.0 Å². The Bertz CT molecular complexity index is 631. The van der Waals surface area contributed by atoms with Gasteiger partial charge in [-0.1, -0.05) is 0 Å².